The van der Waals surface area contributed by atoms with Crippen LogP contribution in [0.25, 0.3) is 0 Å². The van der Waals surface area contributed by atoms with Gasteiger partial charge in [0.05, 0.1) is 17.1 Å². The maximum atomic E-state index is 13.4. The molecule has 2 aromatic rings. The van der Waals surface area contributed by atoms with Crippen LogP contribution in [0.2, 0.25) is 0 Å². The molecule has 1 N–H and O–H groups in total. The third-order valence-electron chi connectivity index (χ3n) is 4.37. The lowest BCUT2D eigenvalue weighted by molar-refractivity contribution is 0.143. The number of sulfonamides is 1. The van der Waals surface area contributed by atoms with E-state index in [1.807, 2.05) is 19.1 Å². The molecule has 0 spiro atoms. The minimum Gasteiger partial charge on any atom is -0.443 e. The number of halogens is 1. The molecule has 1 unspecified atom stereocenters. The van der Waals surface area contributed by atoms with Crippen LogP contribution in [0.15, 0.2) is 41.3 Å². The first-order valence-electron chi connectivity index (χ1n) is 8.48. The Bertz CT molecular complexity index is 968. The number of carbonyl (C=O) groups is 1. The molecule has 144 valence electrons. The van der Waals surface area contributed by atoms with Crippen LogP contribution in [0.5, 0.6) is 0 Å². The van der Waals surface area contributed by atoms with E-state index in [1.54, 1.807) is 19.9 Å². The second-order valence-corrected chi connectivity index (χ2v) is 8.38. The maximum absolute atomic E-state index is 13.4. The number of benzene rings is 2. The van der Waals surface area contributed by atoms with E-state index in [0.717, 1.165) is 5.56 Å². The van der Waals surface area contributed by atoms with Gasteiger partial charge in [0, 0.05) is 6.54 Å². The summed E-state index contributed by atoms with van der Waals surface area (Å²) in [5.41, 5.74) is 2.67. The van der Waals surface area contributed by atoms with Crippen molar-refractivity contribution in [1.29, 1.82) is 0 Å². The van der Waals surface area contributed by atoms with Gasteiger partial charge >= 0.3 is 6.09 Å². The predicted octanol–water partition coefficient (Wildman–Crippen LogP) is 3.05. The quantitative estimate of drug-likeness (QED) is 0.849. The summed E-state index contributed by atoms with van der Waals surface area (Å²) in [7, 11) is -3.75. The summed E-state index contributed by atoms with van der Waals surface area (Å²) in [6.07, 6.45) is -1.30. The van der Waals surface area contributed by atoms with Crippen molar-refractivity contribution in [1.82, 2.24) is 4.72 Å². The van der Waals surface area contributed by atoms with Crippen molar-refractivity contribution in [2.45, 2.75) is 31.8 Å². The normalized spacial score (nSPS) is 17.3. The summed E-state index contributed by atoms with van der Waals surface area (Å²) in [6, 6.07) is 9.22. The van der Waals surface area contributed by atoms with E-state index in [1.165, 1.54) is 23.1 Å². The number of aryl methyl sites for hydroxylation is 3. The molecule has 2 aromatic carbocycles. The minimum atomic E-state index is -3.75. The molecule has 0 saturated carbocycles. The molecule has 0 radical (unpaired) electrons. The van der Waals surface area contributed by atoms with Gasteiger partial charge in [-0.3, -0.25) is 4.90 Å². The number of hydrogen-bond acceptors (Lipinski definition) is 4. The standard InChI is InChI=1S/C19H21FN2O4S/c1-12-7-13(2)18(14(3)8-12)27(24,25)21-10-17-11-22(19(23)26-17)16-6-4-5-15(20)9-16/h4-9,17,21H,10-11H2,1-3H3. The molecule has 1 fully saturated rings. The second kappa shape index (κ2) is 7.28. The lowest BCUT2D eigenvalue weighted by Gasteiger charge is -2.15. The zero-order chi connectivity index (χ0) is 19.8. The molecule has 1 amide bonds. The van der Waals surface area contributed by atoms with Gasteiger partial charge in [-0.05, 0) is 50.1 Å². The maximum Gasteiger partial charge on any atom is 0.414 e. The van der Waals surface area contributed by atoms with Gasteiger partial charge in [-0.2, -0.15) is 0 Å². The van der Waals surface area contributed by atoms with Gasteiger partial charge in [0.25, 0.3) is 0 Å². The third kappa shape index (κ3) is 4.12. The highest BCUT2D eigenvalue weighted by Crippen LogP contribution is 2.24. The number of anilines is 1. The molecule has 1 heterocycles. The SMILES string of the molecule is Cc1cc(C)c(S(=O)(=O)NCC2CN(c3cccc(F)c3)C(=O)O2)c(C)c1. The molecule has 3 rings (SSSR count). The molecule has 6 nitrogen and oxygen atoms in total. The van der Waals surface area contributed by atoms with E-state index in [4.69, 9.17) is 4.74 Å². The Morgan fingerprint density at radius 2 is 1.85 bits per heavy atom. The molecule has 27 heavy (non-hydrogen) atoms. The van der Waals surface area contributed by atoms with Crippen LogP contribution in [0, 0.1) is 26.6 Å². The summed E-state index contributed by atoms with van der Waals surface area (Å²) < 4.78 is 46.5. The van der Waals surface area contributed by atoms with Crippen molar-refractivity contribution in [3.8, 4) is 0 Å². The fourth-order valence-corrected chi connectivity index (χ4v) is 4.86. The number of nitrogens with one attached hydrogen (secondary N) is 1. The average molecular weight is 392 g/mol. The highest BCUT2D eigenvalue weighted by Gasteiger charge is 2.33. The van der Waals surface area contributed by atoms with Crippen molar-refractivity contribution in [2.24, 2.45) is 0 Å². The number of nitrogens with zero attached hydrogens (tertiary/aromatic N) is 1. The molecular weight excluding hydrogens is 371 g/mol. The largest absolute Gasteiger partial charge is 0.443 e. The monoisotopic (exact) mass is 392 g/mol. The van der Waals surface area contributed by atoms with Gasteiger partial charge in [-0.15, -0.1) is 0 Å². The fourth-order valence-electron chi connectivity index (χ4n) is 3.35. The van der Waals surface area contributed by atoms with Gasteiger partial charge in [-0.25, -0.2) is 22.3 Å². The van der Waals surface area contributed by atoms with Gasteiger partial charge in [-0.1, -0.05) is 23.8 Å². The first kappa shape index (κ1) is 19.3. The van der Waals surface area contributed by atoms with Crippen LogP contribution in [0.1, 0.15) is 16.7 Å². The fraction of sp³-hybridized carbons (Fsp3) is 0.316. The third-order valence-corrected chi connectivity index (χ3v) is 6.10. The number of carbonyl (C=O) groups excluding carboxylic acids is 1. The molecule has 0 bridgehead atoms. The zero-order valence-corrected chi connectivity index (χ0v) is 16.1. The highest BCUT2D eigenvalue weighted by atomic mass is 32.2. The van der Waals surface area contributed by atoms with Crippen LogP contribution in [-0.2, 0) is 14.8 Å². The Balaban J connectivity index is 1.71. The van der Waals surface area contributed by atoms with Crippen LogP contribution >= 0.6 is 0 Å². The zero-order valence-electron chi connectivity index (χ0n) is 15.3. The van der Waals surface area contributed by atoms with E-state index in [2.05, 4.69) is 4.72 Å². The topological polar surface area (TPSA) is 75.7 Å². The van der Waals surface area contributed by atoms with Gasteiger partial charge < -0.3 is 4.74 Å². The van der Waals surface area contributed by atoms with E-state index < -0.39 is 28.0 Å². The van der Waals surface area contributed by atoms with Crippen LogP contribution in [0.4, 0.5) is 14.9 Å². The number of amides is 1. The van der Waals surface area contributed by atoms with Crippen LogP contribution < -0.4 is 9.62 Å². The van der Waals surface area contributed by atoms with Crippen LogP contribution in [-0.4, -0.2) is 33.7 Å². The number of ether oxygens (including phenoxy) is 1. The Labute approximate surface area is 158 Å². The number of rotatable bonds is 5. The minimum absolute atomic E-state index is 0.0629. The lowest BCUT2D eigenvalue weighted by Crippen LogP contribution is -2.35. The Hall–Kier alpha value is -2.45. The summed E-state index contributed by atoms with van der Waals surface area (Å²) in [6.45, 7) is 5.47. The molecular formula is C19H21FN2O4S. The molecule has 1 saturated heterocycles. The van der Waals surface area contributed by atoms with E-state index in [-0.39, 0.29) is 18.0 Å². The van der Waals surface area contributed by atoms with E-state index >= 15 is 0 Å². The summed E-state index contributed by atoms with van der Waals surface area (Å²) in [4.78, 5) is 13.6. The number of cyclic esters (lactones) is 1. The number of hydrogen-bond donors (Lipinski definition) is 1. The van der Waals surface area contributed by atoms with E-state index in [0.29, 0.717) is 16.8 Å². The molecule has 1 aliphatic heterocycles. The van der Waals surface area contributed by atoms with Crippen molar-refractivity contribution in [3.63, 3.8) is 0 Å². The van der Waals surface area contributed by atoms with Crippen molar-refractivity contribution in [2.75, 3.05) is 18.0 Å². The summed E-state index contributed by atoms with van der Waals surface area (Å²) in [5.74, 6) is -0.463. The highest BCUT2D eigenvalue weighted by molar-refractivity contribution is 7.89. The molecule has 8 heteroatoms. The van der Waals surface area contributed by atoms with Crippen molar-refractivity contribution < 1.29 is 22.3 Å². The van der Waals surface area contributed by atoms with Gasteiger partial charge in [0.2, 0.25) is 10.0 Å². The summed E-state index contributed by atoms with van der Waals surface area (Å²) in [5, 5.41) is 0. The second-order valence-electron chi connectivity index (χ2n) is 6.68. The Morgan fingerprint density at radius 3 is 2.48 bits per heavy atom. The average Bonchev–Trinajstić information content (AvgIpc) is 2.93. The van der Waals surface area contributed by atoms with Crippen molar-refractivity contribution in [3.05, 3.63) is 58.9 Å². The van der Waals surface area contributed by atoms with Crippen molar-refractivity contribution >= 4 is 21.8 Å². The smallest absolute Gasteiger partial charge is 0.414 e. The lowest BCUT2D eigenvalue weighted by atomic mass is 10.1. The molecule has 0 aliphatic carbocycles. The molecule has 1 atom stereocenters. The van der Waals surface area contributed by atoms with Crippen LogP contribution in [0.3, 0.4) is 0 Å². The predicted molar refractivity (Wildman–Crippen MR) is 99.9 cm³/mol. The first-order chi connectivity index (χ1) is 12.7. The molecule has 0 aromatic heterocycles. The Kier molecular flexibility index (Phi) is 5.21. The first-order valence-corrected chi connectivity index (χ1v) is 9.97. The Morgan fingerprint density at radius 1 is 1.19 bits per heavy atom. The van der Waals surface area contributed by atoms with E-state index in [9.17, 15) is 17.6 Å². The summed E-state index contributed by atoms with van der Waals surface area (Å²) >= 11 is 0. The molecule has 1 aliphatic rings. The van der Waals surface area contributed by atoms with Gasteiger partial charge in [0.1, 0.15) is 11.9 Å². The van der Waals surface area contributed by atoms with Gasteiger partial charge in [0.15, 0.2) is 0 Å².